The number of nitrogens with zero attached hydrogens (tertiary/aromatic N) is 3. The summed E-state index contributed by atoms with van der Waals surface area (Å²) < 4.78 is 0. The van der Waals surface area contributed by atoms with Crippen molar-refractivity contribution < 1.29 is 5.11 Å². The Morgan fingerprint density at radius 2 is 2.12 bits per heavy atom. The van der Waals surface area contributed by atoms with Crippen molar-refractivity contribution in [2.75, 3.05) is 18.0 Å². The molecule has 0 unspecified atom stereocenters. The second-order valence-corrected chi connectivity index (χ2v) is 6.64. The van der Waals surface area contributed by atoms with Gasteiger partial charge in [-0.25, -0.2) is 0 Å². The molecule has 2 atom stereocenters. The zero-order chi connectivity index (χ0) is 16.8. The van der Waals surface area contributed by atoms with Crippen LogP contribution in [-0.4, -0.2) is 40.5 Å². The Bertz CT molecular complexity index is 617. The summed E-state index contributed by atoms with van der Waals surface area (Å²) in [6, 6.07) is 12.4. The van der Waals surface area contributed by atoms with Crippen molar-refractivity contribution in [1.82, 2.24) is 15.5 Å². The number of hydrogen-bond acceptors (Lipinski definition) is 5. The van der Waals surface area contributed by atoms with Gasteiger partial charge in [-0.15, -0.1) is 5.10 Å². The Labute approximate surface area is 143 Å². The molecule has 5 heteroatoms. The van der Waals surface area contributed by atoms with Gasteiger partial charge in [0.15, 0.2) is 5.82 Å². The summed E-state index contributed by atoms with van der Waals surface area (Å²) in [7, 11) is 0. The summed E-state index contributed by atoms with van der Waals surface area (Å²) in [4.78, 5) is 2.32. The average molecular weight is 326 g/mol. The monoisotopic (exact) mass is 326 g/mol. The number of nitrogens with one attached hydrogen (secondary N) is 1. The summed E-state index contributed by atoms with van der Waals surface area (Å²) in [5.74, 6) is 1.30. The highest BCUT2D eigenvalue weighted by molar-refractivity contribution is 5.37. The molecule has 2 N–H and O–H groups in total. The number of rotatable bonds is 6. The molecule has 0 saturated carbocycles. The number of aromatic nitrogens is 2. The molecule has 1 aliphatic rings. The molecule has 0 aliphatic carbocycles. The van der Waals surface area contributed by atoms with Gasteiger partial charge in [-0.2, -0.15) is 5.10 Å². The van der Waals surface area contributed by atoms with E-state index in [9.17, 15) is 5.11 Å². The maximum Gasteiger partial charge on any atom is 0.151 e. The van der Waals surface area contributed by atoms with Crippen molar-refractivity contribution in [2.45, 2.75) is 44.7 Å². The third-order valence-electron chi connectivity index (χ3n) is 4.63. The Hall–Kier alpha value is -2.14. The fourth-order valence-electron chi connectivity index (χ4n) is 3.31. The number of aryl methyl sites for hydroxylation is 1. The van der Waals surface area contributed by atoms with E-state index in [1.165, 1.54) is 18.4 Å². The predicted molar refractivity (Wildman–Crippen MR) is 96.3 cm³/mol. The first-order valence-corrected chi connectivity index (χ1v) is 8.77. The van der Waals surface area contributed by atoms with Crippen molar-refractivity contribution in [3.63, 3.8) is 0 Å². The molecule has 0 radical (unpaired) electrons. The molecule has 1 saturated heterocycles. The molecule has 1 aromatic carbocycles. The molecule has 2 aromatic rings. The second-order valence-electron chi connectivity index (χ2n) is 6.64. The van der Waals surface area contributed by atoms with Crippen LogP contribution in [0.25, 0.3) is 0 Å². The molecule has 128 valence electrons. The smallest absolute Gasteiger partial charge is 0.151 e. The molecule has 1 aromatic heterocycles. The standard InChI is InChI=1S/C19H26N4O/c1-15(6-7-16-8-10-18(24)11-9-16)21-17-4-3-13-23(14-17)19-5-2-12-20-22-19/h2,5,8-12,15,17,21,24H,3-4,6-7,13-14H2,1H3/t15-,17+/m1/s1. The van der Waals surface area contributed by atoms with Gasteiger partial charge in [0.1, 0.15) is 5.75 Å². The van der Waals surface area contributed by atoms with E-state index in [-0.39, 0.29) is 0 Å². The molecule has 5 nitrogen and oxygen atoms in total. The lowest BCUT2D eigenvalue weighted by molar-refractivity contribution is 0.372. The van der Waals surface area contributed by atoms with Crippen molar-refractivity contribution >= 4 is 5.82 Å². The maximum absolute atomic E-state index is 9.34. The summed E-state index contributed by atoms with van der Waals surface area (Å²) in [5.41, 5.74) is 1.27. The minimum atomic E-state index is 0.330. The lowest BCUT2D eigenvalue weighted by atomic mass is 10.0. The van der Waals surface area contributed by atoms with Crippen molar-refractivity contribution in [2.24, 2.45) is 0 Å². The molecule has 24 heavy (non-hydrogen) atoms. The number of anilines is 1. The van der Waals surface area contributed by atoms with E-state index in [1.807, 2.05) is 24.3 Å². The van der Waals surface area contributed by atoms with E-state index >= 15 is 0 Å². The highest BCUT2D eigenvalue weighted by atomic mass is 16.3. The van der Waals surface area contributed by atoms with Gasteiger partial charge in [-0.1, -0.05) is 12.1 Å². The van der Waals surface area contributed by atoms with Crippen LogP contribution >= 0.6 is 0 Å². The van der Waals surface area contributed by atoms with Crippen LogP contribution < -0.4 is 10.2 Å². The third-order valence-corrected chi connectivity index (χ3v) is 4.63. The van der Waals surface area contributed by atoms with Crippen LogP contribution in [0.2, 0.25) is 0 Å². The van der Waals surface area contributed by atoms with E-state index < -0.39 is 0 Å². The Kier molecular flexibility index (Phi) is 5.64. The van der Waals surface area contributed by atoms with Gasteiger partial charge in [-0.3, -0.25) is 0 Å². The minimum absolute atomic E-state index is 0.330. The Morgan fingerprint density at radius 1 is 1.29 bits per heavy atom. The number of aromatic hydroxyl groups is 1. The summed E-state index contributed by atoms with van der Waals surface area (Å²) in [5, 5.41) is 21.3. The first-order chi connectivity index (χ1) is 11.7. The average Bonchev–Trinajstić information content (AvgIpc) is 2.62. The first-order valence-electron chi connectivity index (χ1n) is 8.77. The lowest BCUT2D eigenvalue weighted by Gasteiger charge is -2.35. The highest BCUT2D eigenvalue weighted by Gasteiger charge is 2.22. The van der Waals surface area contributed by atoms with Crippen LogP contribution in [0.3, 0.4) is 0 Å². The van der Waals surface area contributed by atoms with Gasteiger partial charge >= 0.3 is 0 Å². The summed E-state index contributed by atoms with van der Waals surface area (Å²) in [6.45, 7) is 4.29. The topological polar surface area (TPSA) is 61.3 Å². The van der Waals surface area contributed by atoms with Gasteiger partial charge < -0.3 is 15.3 Å². The number of phenolic OH excluding ortho intramolecular Hbond substituents is 1. The molecule has 0 bridgehead atoms. The highest BCUT2D eigenvalue weighted by Crippen LogP contribution is 2.18. The predicted octanol–water partition coefficient (Wildman–Crippen LogP) is 2.76. The molecule has 1 aliphatic heterocycles. The summed E-state index contributed by atoms with van der Waals surface area (Å²) in [6.07, 6.45) is 6.22. The van der Waals surface area contributed by atoms with Gasteiger partial charge in [0.05, 0.1) is 0 Å². The number of phenols is 1. The van der Waals surface area contributed by atoms with Gasteiger partial charge in [0.25, 0.3) is 0 Å². The number of piperidine rings is 1. The fourth-order valence-corrected chi connectivity index (χ4v) is 3.31. The van der Waals surface area contributed by atoms with Gasteiger partial charge in [0.2, 0.25) is 0 Å². The van der Waals surface area contributed by atoms with E-state index in [1.54, 1.807) is 18.3 Å². The molecular weight excluding hydrogens is 300 g/mol. The van der Waals surface area contributed by atoms with Crippen molar-refractivity contribution in [3.8, 4) is 5.75 Å². The minimum Gasteiger partial charge on any atom is -0.508 e. The second kappa shape index (κ2) is 8.11. The van der Waals surface area contributed by atoms with Crippen molar-refractivity contribution in [1.29, 1.82) is 0 Å². The molecule has 2 heterocycles. The van der Waals surface area contributed by atoms with Gasteiger partial charge in [0, 0.05) is 31.4 Å². The van der Waals surface area contributed by atoms with Crippen LogP contribution in [-0.2, 0) is 6.42 Å². The normalized spacial score (nSPS) is 19.2. The van der Waals surface area contributed by atoms with Crippen LogP contribution in [0.4, 0.5) is 5.82 Å². The van der Waals surface area contributed by atoms with E-state index in [2.05, 4.69) is 27.3 Å². The molecule has 3 rings (SSSR count). The fraction of sp³-hybridized carbons (Fsp3) is 0.474. The molecule has 0 amide bonds. The number of hydrogen-bond donors (Lipinski definition) is 2. The number of benzene rings is 1. The quantitative estimate of drug-likeness (QED) is 0.855. The largest absolute Gasteiger partial charge is 0.508 e. The SMILES string of the molecule is C[C@H](CCc1ccc(O)cc1)N[C@H]1CCCN(c2cccnn2)C1. The lowest BCUT2D eigenvalue weighted by Crippen LogP contribution is -2.48. The van der Waals surface area contributed by atoms with Crippen LogP contribution in [0, 0.1) is 0 Å². The zero-order valence-corrected chi connectivity index (χ0v) is 14.2. The molecular formula is C19H26N4O. The first kappa shape index (κ1) is 16.7. The molecule has 0 spiro atoms. The van der Waals surface area contributed by atoms with E-state index in [0.717, 1.165) is 31.7 Å². The third kappa shape index (κ3) is 4.68. The van der Waals surface area contributed by atoms with Crippen LogP contribution in [0.15, 0.2) is 42.6 Å². The summed E-state index contributed by atoms with van der Waals surface area (Å²) >= 11 is 0. The Morgan fingerprint density at radius 3 is 2.88 bits per heavy atom. The van der Waals surface area contributed by atoms with Crippen LogP contribution in [0.1, 0.15) is 31.7 Å². The Balaban J connectivity index is 1.47. The molecule has 1 fully saturated rings. The van der Waals surface area contributed by atoms with E-state index in [4.69, 9.17) is 0 Å². The zero-order valence-electron chi connectivity index (χ0n) is 14.2. The van der Waals surface area contributed by atoms with Crippen molar-refractivity contribution in [3.05, 3.63) is 48.2 Å². The van der Waals surface area contributed by atoms with E-state index in [0.29, 0.717) is 17.8 Å². The van der Waals surface area contributed by atoms with Crippen LogP contribution in [0.5, 0.6) is 5.75 Å². The maximum atomic E-state index is 9.34. The van der Waals surface area contributed by atoms with Gasteiger partial charge in [-0.05, 0) is 62.4 Å².